The van der Waals surface area contributed by atoms with Crippen LogP contribution in [0.25, 0.3) is 28.3 Å². The van der Waals surface area contributed by atoms with Crippen LogP contribution in [0.2, 0.25) is 0 Å². The summed E-state index contributed by atoms with van der Waals surface area (Å²) in [5.41, 5.74) is 3.22. The van der Waals surface area contributed by atoms with Crippen molar-refractivity contribution in [2.45, 2.75) is 26.7 Å². The second-order valence-electron chi connectivity index (χ2n) is 8.80. The monoisotopic (exact) mass is 498 g/mol. The molecule has 2 N–H and O–H groups in total. The normalized spacial score (nSPS) is 11.6. The molecular formula is C25H25F3N6O2. The van der Waals surface area contributed by atoms with E-state index in [2.05, 4.69) is 25.6 Å². The number of anilines is 2. The Hall–Kier alpha value is -4.15. The molecule has 0 saturated heterocycles. The SMILES string of the molecule is CC(C)COC(=O)Nc1nc(-c2ccn3c(-c4cccc(NCC(C)(F)F)c4)cnc3c2)ncc1F. The number of aromatic nitrogens is 4. The fraction of sp³-hybridized carbons (Fsp3) is 0.280. The number of amides is 1. The molecule has 0 aliphatic rings. The van der Waals surface area contributed by atoms with Gasteiger partial charge in [0.25, 0.3) is 5.92 Å². The summed E-state index contributed by atoms with van der Waals surface area (Å²) >= 11 is 0. The van der Waals surface area contributed by atoms with Gasteiger partial charge in [0.05, 0.1) is 31.2 Å². The van der Waals surface area contributed by atoms with Gasteiger partial charge in [0.15, 0.2) is 17.5 Å². The lowest BCUT2D eigenvalue weighted by atomic mass is 10.1. The molecule has 0 aliphatic carbocycles. The average Bonchev–Trinajstić information content (AvgIpc) is 3.26. The number of fused-ring (bicyclic) bond motifs is 1. The van der Waals surface area contributed by atoms with Crippen LogP contribution in [-0.4, -0.2) is 44.5 Å². The third-order valence-corrected chi connectivity index (χ3v) is 5.05. The van der Waals surface area contributed by atoms with Gasteiger partial charge in [-0.25, -0.2) is 32.9 Å². The number of halogens is 3. The van der Waals surface area contributed by atoms with E-state index in [1.165, 1.54) is 0 Å². The van der Waals surface area contributed by atoms with Crippen LogP contribution in [0.5, 0.6) is 0 Å². The number of imidazole rings is 1. The van der Waals surface area contributed by atoms with Gasteiger partial charge in [0.1, 0.15) is 5.65 Å². The Morgan fingerprint density at radius 3 is 2.69 bits per heavy atom. The molecule has 0 bridgehead atoms. The first-order valence-electron chi connectivity index (χ1n) is 11.2. The second-order valence-corrected chi connectivity index (χ2v) is 8.80. The summed E-state index contributed by atoms with van der Waals surface area (Å²) in [4.78, 5) is 24.5. The quantitative estimate of drug-likeness (QED) is 0.316. The predicted octanol–water partition coefficient (Wildman–Crippen LogP) is 5.87. The van der Waals surface area contributed by atoms with Crippen molar-refractivity contribution in [1.29, 1.82) is 0 Å². The van der Waals surface area contributed by atoms with Crippen LogP contribution in [0.1, 0.15) is 20.8 Å². The van der Waals surface area contributed by atoms with Crippen LogP contribution in [-0.2, 0) is 4.74 Å². The molecule has 0 saturated carbocycles. The van der Waals surface area contributed by atoms with Gasteiger partial charge in [-0.15, -0.1) is 0 Å². The lowest BCUT2D eigenvalue weighted by Gasteiger charge is -2.13. The molecule has 1 amide bonds. The summed E-state index contributed by atoms with van der Waals surface area (Å²) in [5, 5.41) is 5.04. The summed E-state index contributed by atoms with van der Waals surface area (Å²) in [6, 6.07) is 10.6. The number of pyridine rings is 1. The van der Waals surface area contributed by atoms with Gasteiger partial charge in [-0.1, -0.05) is 26.0 Å². The maximum Gasteiger partial charge on any atom is 0.412 e. The van der Waals surface area contributed by atoms with Crippen molar-refractivity contribution in [3.8, 4) is 22.6 Å². The Balaban J connectivity index is 1.57. The van der Waals surface area contributed by atoms with Crippen molar-refractivity contribution >= 4 is 23.2 Å². The lowest BCUT2D eigenvalue weighted by molar-refractivity contribution is 0.0367. The molecule has 11 heteroatoms. The Bertz CT molecular complexity index is 1380. The first kappa shape index (κ1) is 25.0. The maximum atomic E-state index is 14.2. The molecule has 0 fully saturated rings. The molecule has 1 aromatic carbocycles. The molecule has 0 unspecified atom stereocenters. The summed E-state index contributed by atoms with van der Waals surface area (Å²) in [6.45, 7) is 4.34. The van der Waals surface area contributed by atoms with Crippen LogP contribution >= 0.6 is 0 Å². The highest BCUT2D eigenvalue weighted by atomic mass is 19.3. The minimum atomic E-state index is -2.83. The number of carbonyl (C=O) groups is 1. The van der Waals surface area contributed by atoms with Gasteiger partial charge < -0.3 is 10.1 Å². The number of rotatable bonds is 8. The molecule has 4 rings (SSSR count). The van der Waals surface area contributed by atoms with Crippen LogP contribution in [0.3, 0.4) is 0 Å². The van der Waals surface area contributed by atoms with E-state index >= 15 is 0 Å². The molecule has 0 spiro atoms. The van der Waals surface area contributed by atoms with Crippen LogP contribution in [0.15, 0.2) is 55.0 Å². The summed E-state index contributed by atoms with van der Waals surface area (Å²) < 4.78 is 47.4. The van der Waals surface area contributed by atoms with E-state index in [0.717, 1.165) is 24.4 Å². The van der Waals surface area contributed by atoms with Crippen molar-refractivity contribution in [1.82, 2.24) is 19.4 Å². The number of benzene rings is 1. The minimum absolute atomic E-state index is 0.132. The van der Waals surface area contributed by atoms with Crippen LogP contribution < -0.4 is 10.6 Å². The van der Waals surface area contributed by atoms with Gasteiger partial charge in [-0.05, 0) is 30.2 Å². The fourth-order valence-corrected chi connectivity index (χ4v) is 3.35. The Morgan fingerprint density at radius 2 is 1.94 bits per heavy atom. The molecule has 0 atom stereocenters. The Labute approximate surface area is 205 Å². The zero-order valence-electron chi connectivity index (χ0n) is 19.9. The van der Waals surface area contributed by atoms with E-state index in [4.69, 9.17) is 4.74 Å². The highest BCUT2D eigenvalue weighted by Crippen LogP contribution is 2.27. The standard InChI is InChI=1S/C25H25F3N6O2/c1-15(2)13-36-24(35)33-23-19(26)11-30-22(32-23)17-7-8-34-20(12-29-21(34)10-17)16-5-4-6-18(9-16)31-14-25(3,27)28/h4-12,15,31H,13-14H2,1-3H3,(H,30,32,33,35). The number of alkyl halides is 2. The third kappa shape index (κ3) is 6.09. The van der Waals surface area contributed by atoms with Crippen molar-refractivity contribution in [2.75, 3.05) is 23.8 Å². The van der Waals surface area contributed by atoms with Crippen LogP contribution in [0.4, 0.5) is 29.5 Å². The van der Waals surface area contributed by atoms with E-state index < -0.39 is 24.4 Å². The van der Waals surface area contributed by atoms with Crippen molar-refractivity contribution in [2.24, 2.45) is 5.92 Å². The average molecular weight is 499 g/mol. The predicted molar refractivity (Wildman–Crippen MR) is 131 cm³/mol. The number of nitrogens with zero attached hydrogens (tertiary/aromatic N) is 4. The van der Waals surface area contributed by atoms with Crippen LogP contribution in [0, 0.1) is 11.7 Å². The maximum absolute atomic E-state index is 14.2. The number of hydrogen-bond acceptors (Lipinski definition) is 6. The van der Waals surface area contributed by atoms with Gasteiger partial charge in [0.2, 0.25) is 0 Å². The number of nitrogens with one attached hydrogen (secondary N) is 2. The van der Waals surface area contributed by atoms with Crippen molar-refractivity contribution in [3.63, 3.8) is 0 Å². The fourth-order valence-electron chi connectivity index (χ4n) is 3.35. The molecule has 8 nitrogen and oxygen atoms in total. The lowest BCUT2D eigenvalue weighted by Crippen LogP contribution is -2.22. The van der Waals surface area contributed by atoms with Crippen molar-refractivity contribution in [3.05, 3.63) is 60.8 Å². The van der Waals surface area contributed by atoms with E-state index in [1.54, 1.807) is 42.7 Å². The third-order valence-electron chi connectivity index (χ3n) is 5.05. The molecule has 0 aliphatic heterocycles. The molecule has 0 radical (unpaired) electrons. The Kier molecular flexibility index (Phi) is 7.09. The van der Waals surface area contributed by atoms with E-state index in [-0.39, 0.29) is 24.2 Å². The van der Waals surface area contributed by atoms with Gasteiger partial charge in [-0.3, -0.25) is 9.72 Å². The molecule has 3 heterocycles. The smallest absolute Gasteiger partial charge is 0.412 e. The number of carbonyl (C=O) groups excluding carboxylic acids is 1. The van der Waals surface area contributed by atoms with E-state index in [1.807, 2.05) is 24.3 Å². The second kappa shape index (κ2) is 10.2. The van der Waals surface area contributed by atoms with Gasteiger partial charge >= 0.3 is 6.09 Å². The van der Waals surface area contributed by atoms with Crippen molar-refractivity contribution < 1.29 is 22.7 Å². The number of ether oxygens (including phenoxy) is 1. The number of hydrogen-bond donors (Lipinski definition) is 2. The Morgan fingerprint density at radius 1 is 1.14 bits per heavy atom. The largest absolute Gasteiger partial charge is 0.449 e. The molecule has 3 aromatic heterocycles. The highest BCUT2D eigenvalue weighted by Gasteiger charge is 2.20. The summed E-state index contributed by atoms with van der Waals surface area (Å²) in [6.07, 6.45) is 3.58. The minimum Gasteiger partial charge on any atom is -0.449 e. The molecule has 36 heavy (non-hydrogen) atoms. The highest BCUT2D eigenvalue weighted by molar-refractivity contribution is 5.83. The van der Waals surface area contributed by atoms with Gasteiger partial charge in [0, 0.05) is 29.9 Å². The topological polar surface area (TPSA) is 93.4 Å². The molecule has 188 valence electrons. The van der Waals surface area contributed by atoms with E-state index in [0.29, 0.717) is 16.9 Å². The first-order valence-corrected chi connectivity index (χ1v) is 11.2. The first-order chi connectivity index (χ1) is 17.1. The molecule has 4 aromatic rings. The summed E-state index contributed by atoms with van der Waals surface area (Å²) in [7, 11) is 0. The zero-order chi connectivity index (χ0) is 25.9. The van der Waals surface area contributed by atoms with Gasteiger partial charge in [-0.2, -0.15) is 0 Å². The van der Waals surface area contributed by atoms with E-state index in [9.17, 15) is 18.0 Å². The zero-order valence-corrected chi connectivity index (χ0v) is 19.9. The molecular weight excluding hydrogens is 473 g/mol. The summed E-state index contributed by atoms with van der Waals surface area (Å²) in [5.74, 6) is -3.60.